The molecule has 2 heterocycles. The van der Waals surface area contributed by atoms with E-state index in [0.29, 0.717) is 0 Å². The van der Waals surface area contributed by atoms with E-state index in [1.165, 1.54) is 17.3 Å². The number of nitrogens with zero attached hydrogens (tertiary/aromatic N) is 3. The van der Waals surface area contributed by atoms with E-state index in [-0.39, 0.29) is 17.2 Å². The van der Waals surface area contributed by atoms with Gasteiger partial charge in [-0.1, -0.05) is 60.6 Å². The molecular formula is C23H27N5OS. The van der Waals surface area contributed by atoms with Crippen LogP contribution in [0.3, 0.4) is 0 Å². The first-order chi connectivity index (χ1) is 14.5. The molecule has 0 radical (unpaired) electrons. The van der Waals surface area contributed by atoms with Crippen LogP contribution in [0.2, 0.25) is 0 Å². The van der Waals surface area contributed by atoms with Crippen LogP contribution in [-0.4, -0.2) is 26.0 Å². The molecule has 156 valence electrons. The molecule has 1 aliphatic rings. The van der Waals surface area contributed by atoms with Gasteiger partial charge in [-0.05, 0) is 49.9 Å². The molecule has 2 atom stereocenters. The number of hydrogen-bond donors (Lipinski definition) is 2. The number of carbonyl (C=O) groups excluding carboxylic acids is 1. The van der Waals surface area contributed by atoms with Crippen molar-refractivity contribution in [2.75, 3.05) is 10.7 Å². The van der Waals surface area contributed by atoms with Crippen molar-refractivity contribution in [1.82, 2.24) is 14.9 Å². The van der Waals surface area contributed by atoms with Crippen molar-refractivity contribution in [3.63, 3.8) is 0 Å². The Morgan fingerprint density at radius 2 is 1.83 bits per heavy atom. The van der Waals surface area contributed by atoms with Crippen molar-refractivity contribution >= 4 is 23.4 Å². The largest absolute Gasteiger partial charge is 0.325 e. The van der Waals surface area contributed by atoms with Crippen molar-refractivity contribution in [2.45, 2.75) is 57.0 Å². The Bertz CT molecular complexity index is 1060. The second-order valence-corrected chi connectivity index (χ2v) is 8.96. The molecule has 2 aromatic carbocycles. The molecular weight excluding hydrogens is 394 g/mol. The maximum Gasteiger partial charge on any atom is 0.240 e. The van der Waals surface area contributed by atoms with E-state index in [1.807, 2.05) is 30.7 Å². The third-order valence-electron chi connectivity index (χ3n) is 5.32. The monoisotopic (exact) mass is 421 g/mol. The van der Waals surface area contributed by atoms with Crippen LogP contribution < -0.4 is 10.7 Å². The third-order valence-corrected chi connectivity index (χ3v) is 6.54. The zero-order valence-corrected chi connectivity index (χ0v) is 18.6. The highest BCUT2D eigenvalue weighted by atomic mass is 32.2. The molecule has 0 spiro atoms. The molecule has 2 N–H and O–H groups in total. The third kappa shape index (κ3) is 4.07. The molecule has 1 amide bonds. The number of nitrogens with one attached hydrogen (secondary N) is 2. The summed E-state index contributed by atoms with van der Waals surface area (Å²) in [6.07, 6.45) is 1.82. The predicted molar refractivity (Wildman–Crippen MR) is 121 cm³/mol. The fourth-order valence-electron chi connectivity index (χ4n) is 3.58. The zero-order chi connectivity index (χ0) is 21.3. The van der Waals surface area contributed by atoms with E-state index >= 15 is 0 Å². The van der Waals surface area contributed by atoms with Gasteiger partial charge < -0.3 is 10.7 Å². The van der Waals surface area contributed by atoms with E-state index in [2.05, 4.69) is 65.1 Å². The number of fused-ring (bicyclic) bond motifs is 1. The van der Waals surface area contributed by atoms with Gasteiger partial charge in [0.15, 0.2) is 5.82 Å². The zero-order valence-electron chi connectivity index (χ0n) is 17.8. The van der Waals surface area contributed by atoms with Crippen molar-refractivity contribution < 1.29 is 4.79 Å². The number of anilines is 1. The van der Waals surface area contributed by atoms with Crippen molar-refractivity contribution in [2.24, 2.45) is 0 Å². The lowest BCUT2D eigenvalue weighted by molar-refractivity contribution is -0.116. The van der Waals surface area contributed by atoms with Gasteiger partial charge >= 0.3 is 0 Å². The maximum atomic E-state index is 13.4. The summed E-state index contributed by atoms with van der Waals surface area (Å²) in [5.74, 6) is 0.851. The van der Waals surface area contributed by atoms with Crippen LogP contribution in [0.5, 0.6) is 0 Å². The van der Waals surface area contributed by atoms with Gasteiger partial charge in [0.1, 0.15) is 5.25 Å². The Balaban J connectivity index is 1.68. The number of thioether (sulfide) groups is 1. The average Bonchev–Trinajstić information content (AvgIpc) is 3.12. The van der Waals surface area contributed by atoms with Crippen LogP contribution in [0.25, 0.3) is 0 Å². The molecule has 1 aliphatic heterocycles. The number of amides is 1. The lowest BCUT2D eigenvalue weighted by atomic mass is 10.0. The van der Waals surface area contributed by atoms with Crippen LogP contribution in [-0.2, 0) is 11.2 Å². The molecule has 4 rings (SSSR count). The molecule has 0 aliphatic carbocycles. The van der Waals surface area contributed by atoms with Gasteiger partial charge in [0.05, 0.1) is 6.04 Å². The maximum absolute atomic E-state index is 13.4. The number of benzene rings is 2. The first-order valence-electron chi connectivity index (χ1n) is 10.3. The van der Waals surface area contributed by atoms with E-state index in [9.17, 15) is 4.79 Å². The molecule has 0 fully saturated rings. The fraction of sp³-hybridized carbons (Fsp3) is 0.348. The SMILES string of the molecule is CCCc1nnc2n1NC(c1ccc(C)cc1)C(C(=O)Nc1cc(C)ccc1C)S2. The number of aromatic nitrogens is 3. The minimum absolute atomic E-state index is 0.0435. The van der Waals surface area contributed by atoms with Gasteiger partial charge in [-0.3, -0.25) is 4.79 Å². The van der Waals surface area contributed by atoms with Gasteiger partial charge in [0.25, 0.3) is 0 Å². The van der Waals surface area contributed by atoms with Crippen molar-refractivity contribution in [3.8, 4) is 0 Å². The van der Waals surface area contributed by atoms with Gasteiger partial charge in [-0.25, -0.2) is 4.68 Å². The van der Waals surface area contributed by atoms with Gasteiger partial charge in [0, 0.05) is 12.1 Å². The van der Waals surface area contributed by atoms with Gasteiger partial charge in [-0.2, -0.15) is 0 Å². The molecule has 7 heteroatoms. The second kappa shape index (κ2) is 8.52. The lowest BCUT2D eigenvalue weighted by Crippen LogP contribution is -2.41. The Kier molecular flexibility index (Phi) is 5.81. The summed E-state index contributed by atoms with van der Waals surface area (Å²) in [4.78, 5) is 13.4. The molecule has 6 nitrogen and oxygen atoms in total. The summed E-state index contributed by atoms with van der Waals surface area (Å²) in [7, 11) is 0. The van der Waals surface area contributed by atoms with E-state index in [0.717, 1.165) is 46.2 Å². The first-order valence-corrected chi connectivity index (χ1v) is 11.2. The molecule has 0 saturated carbocycles. The highest BCUT2D eigenvalue weighted by Crippen LogP contribution is 2.38. The van der Waals surface area contributed by atoms with E-state index < -0.39 is 0 Å². The number of rotatable bonds is 5. The number of aryl methyl sites for hydroxylation is 4. The van der Waals surface area contributed by atoms with Crippen LogP contribution >= 0.6 is 11.8 Å². The summed E-state index contributed by atoms with van der Waals surface area (Å²) in [6.45, 7) is 8.22. The molecule has 1 aromatic heterocycles. The highest BCUT2D eigenvalue weighted by molar-refractivity contribution is 8.00. The highest BCUT2D eigenvalue weighted by Gasteiger charge is 2.37. The van der Waals surface area contributed by atoms with Crippen molar-refractivity contribution in [3.05, 3.63) is 70.5 Å². The minimum atomic E-state index is -0.376. The Hall–Kier alpha value is -2.80. The van der Waals surface area contributed by atoms with E-state index in [1.54, 1.807) is 0 Å². The Morgan fingerprint density at radius 3 is 2.57 bits per heavy atom. The standard InChI is InChI=1S/C23H27N5OS/c1-5-6-19-25-26-23-28(19)27-20(17-11-8-14(2)9-12-17)21(30-23)22(29)24-18-13-15(3)7-10-16(18)4/h7-13,20-21,27H,5-6H2,1-4H3,(H,24,29). The summed E-state index contributed by atoms with van der Waals surface area (Å²) in [5.41, 5.74) is 8.78. The normalized spacial score (nSPS) is 17.9. The minimum Gasteiger partial charge on any atom is -0.325 e. The van der Waals surface area contributed by atoms with Crippen LogP contribution in [0.1, 0.15) is 47.5 Å². The van der Waals surface area contributed by atoms with Crippen LogP contribution in [0.4, 0.5) is 5.69 Å². The molecule has 3 aromatic rings. The molecule has 0 saturated heterocycles. The van der Waals surface area contributed by atoms with Gasteiger partial charge in [0.2, 0.25) is 11.1 Å². The smallest absolute Gasteiger partial charge is 0.240 e. The fourth-order valence-corrected chi connectivity index (χ4v) is 4.68. The molecule has 2 unspecified atom stereocenters. The number of hydrogen-bond acceptors (Lipinski definition) is 5. The Morgan fingerprint density at radius 1 is 1.10 bits per heavy atom. The van der Waals surface area contributed by atoms with Crippen molar-refractivity contribution in [1.29, 1.82) is 0 Å². The Labute approximate surface area is 181 Å². The quantitative estimate of drug-likeness (QED) is 0.632. The summed E-state index contributed by atoms with van der Waals surface area (Å²) < 4.78 is 1.94. The van der Waals surface area contributed by atoms with Crippen LogP contribution in [0, 0.1) is 20.8 Å². The summed E-state index contributed by atoms with van der Waals surface area (Å²) >= 11 is 1.46. The average molecular weight is 422 g/mol. The lowest BCUT2D eigenvalue weighted by Gasteiger charge is -2.33. The number of carbonyl (C=O) groups is 1. The molecule has 30 heavy (non-hydrogen) atoms. The summed E-state index contributed by atoms with van der Waals surface area (Å²) in [5, 5.41) is 12.1. The predicted octanol–water partition coefficient (Wildman–Crippen LogP) is 4.55. The topological polar surface area (TPSA) is 71.8 Å². The summed E-state index contributed by atoms with van der Waals surface area (Å²) in [6, 6.07) is 14.2. The second-order valence-electron chi connectivity index (χ2n) is 7.85. The van der Waals surface area contributed by atoms with Crippen LogP contribution in [0.15, 0.2) is 47.6 Å². The first kappa shape index (κ1) is 20.5. The molecule has 0 bridgehead atoms. The van der Waals surface area contributed by atoms with E-state index in [4.69, 9.17) is 0 Å². The van der Waals surface area contributed by atoms with Gasteiger partial charge in [-0.15, -0.1) is 10.2 Å².